The molecule has 12 rings (SSSR count). The summed E-state index contributed by atoms with van der Waals surface area (Å²) < 4.78 is 34.9. The van der Waals surface area contributed by atoms with Crippen molar-refractivity contribution in [1.82, 2.24) is 10.6 Å². The summed E-state index contributed by atoms with van der Waals surface area (Å²) in [5, 5.41) is 6.22. The van der Waals surface area contributed by atoms with Crippen LogP contribution in [0.25, 0.3) is 0 Å². The first-order chi connectivity index (χ1) is 32.0. The van der Waals surface area contributed by atoms with Gasteiger partial charge in [0.1, 0.15) is 0 Å². The summed E-state index contributed by atoms with van der Waals surface area (Å²) in [5.41, 5.74) is 0. The van der Waals surface area contributed by atoms with Gasteiger partial charge in [-0.3, -0.25) is 5.32 Å². The van der Waals surface area contributed by atoms with Crippen molar-refractivity contribution in [2.45, 2.75) is 244 Å². The highest BCUT2D eigenvalue weighted by molar-refractivity contribution is 4.56. The maximum atomic E-state index is 5.07. The third-order valence-electron chi connectivity index (χ3n) is 12.6. The molecule has 5 saturated carbocycles. The first-order valence-corrected chi connectivity index (χ1v) is 28.5. The van der Waals surface area contributed by atoms with Gasteiger partial charge in [-0.2, -0.15) is 0 Å². The van der Waals surface area contributed by atoms with Crippen molar-refractivity contribution in [3.8, 4) is 0 Å². The lowest BCUT2D eigenvalue weighted by atomic mass is 10.0. The molecule has 9 heteroatoms. The van der Waals surface area contributed by atoms with Gasteiger partial charge in [-0.25, -0.2) is 0 Å². The minimum absolute atomic E-state index is 0.750. The van der Waals surface area contributed by atoms with Crippen molar-refractivity contribution < 1.29 is 33.2 Å². The fourth-order valence-electron chi connectivity index (χ4n) is 7.50. The Hall–Kier alpha value is -0.360. The summed E-state index contributed by atoms with van der Waals surface area (Å²) >= 11 is 0. The van der Waals surface area contributed by atoms with E-state index in [0.717, 1.165) is 99.2 Å². The fourth-order valence-corrected chi connectivity index (χ4v) is 7.50. The molecule has 9 nitrogen and oxygen atoms in total. The van der Waals surface area contributed by atoms with E-state index in [4.69, 9.17) is 33.2 Å². The Morgan fingerprint density at radius 2 is 0.344 bits per heavy atom. The van der Waals surface area contributed by atoms with E-state index < -0.39 is 0 Å². The van der Waals surface area contributed by atoms with Crippen molar-refractivity contribution in [3.05, 3.63) is 0 Å². The molecule has 0 unspecified atom stereocenters. The molecule has 0 spiro atoms. The van der Waals surface area contributed by atoms with Crippen molar-refractivity contribution >= 4 is 0 Å². The molecular weight excluding hydrogens is 801 g/mol. The van der Waals surface area contributed by atoms with Crippen molar-refractivity contribution in [2.24, 2.45) is 0 Å². The van der Waals surface area contributed by atoms with Crippen molar-refractivity contribution in [3.63, 3.8) is 0 Å². The lowest BCUT2D eigenvalue weighted by Gasteiger charge is -2.09. The van der Waals surface area contributed by atoms with Crippen molar-refractivity contribution in [1.29, 1.82) is 0 Å². The predicted molar refractivity (Wildman–Crippen MR) is 272 cm³/mol. The van der Waals surface area contributed by atoms with Gasteiger partial charge < -0.3 is 38.5 Å². The van der Waals surface area contributed by atoms with Gasteiger partial charge in [-0.1, -0.05) is 161 Å². The average molecular weight is 914 g/mol. The lowest BCUT2D eigenvalue weighted by molar-refractivity contribution is -0.0334. The minimum atomic E-state index is 0.750. The second-order valence-corrected chi connectivity index (χ2v) is 18.9. The highest BCUT2D eigenvalue weighted by Gasteiger charge is 2.00. The Morgan fingerprint density at radius 3 is 0.438 bits per heavy atom. The van der Waals surface area contributed by atoms with Crippen LogP contribution in [0.2, 0.25) is 0 Å². The summed E-state index contributed by atoms with van der Waals surface area (Å²) in [5.74, 6) is 0. The number of rotatable bonds is 0. The first-order valence-electron chi connectivity index (χ1n) is 28.5. The van der Waals surface area contributed by atoms with Crippen molar-refractivity contribution in [2.75, 3.05) is 112 Å². The largest absolute Gasteiger partial charge is 0.381 e. The Kier molecular flexibility index (Phi) is 56.6. The maximum absolute atomic E-state index is 5.07. The topological polar surface area (TPSA) is 88.7 Å². The molecular formula is C55H112N2O7. The fraction of sp³-hybridized carbons (Fsp3) is 1.00. The van der Waals surface area contributed by atoms with Gasteiger partial charge in [0.15, 0.2) is 0 Å². The molecule has 5 aliphatic carbocycles. The zero-order valence-electron chi connectivity index (χ0n) is 42.7. The van der Waals surface area contributed by atoms with Crippen LogP contribution < -0.4 is 10.6 Å². The van der Waals surface area contributed by atoms with Gasteiger partial charge in [-0.05, 0) is 96.6 Å². The Balaban J connectivity index is 0.000000350. The van der Waals surface area contributed by atoms with E-state index >= 15 is 0 Å². The molecule has 7 saturated heterocycles. The summed E-state index contributed by atoms with van der Waals surface area (Å²) in [6.07, 6.45) is 54.6. The van der Waals surface area contributed by atoms with Crippen LogP contribution in [0.4, 0.5) is 0 Å². The molecule has 0 aromatic carbocycles. The number of hydrogen-bond donors (Lipinski definition) is 2. The molecule has 0 atom stereocenters. The lowest BCUT2D eigenvalue weighted by Crippen LogP contribution is -2.16. The Labute approximate surface area is 398 Å². The molecule has 384 valence electrons. The summed E-state index contributed by atoms with van der Waals surface area (Å²) in [7, 11) is 0. The standard InChI is InChI=1S/2C6H12.3C5H10O.C5H10.C4H9N.C4H8O2.C4H8O.2C4H8.C3H7NO/c5*1-2-4-6-5-3-1;2*1-2-4-5-3-1;1-2-6-4-3-5-1;1-2-4-5-3-1;2*1-2-4-3-1;1-2-5-3-4-1/h2*1-6H2;3*1-5H2;1-5H2;5H,1-4H2;1-4H2;1-4H2;2*1-4H2;4H,1-3H2. The van der Waals surface area contributed by atoms with E-state index in [2.05, 4.69) is 10.6 Å². The van der Waals surface area contributed by atoms with E-state index in [1.54, 1.807) is 0 Å². The molecule has 7 aliphatic heterocycles. The number of nitrogens with one attached hydrogen (secondary N) is 2. The highest BCUT2D eigenvalue weighted by Crippen LogP contribution is 2.17. The molecule has 12 aliphatic rings. The molecule has 0 amide bonds. The van der Waals surface area contributed by atoms with Gasteiger partial charge in [0.05, 0.1) is 39.8 Å². The molecule has 64 heavy (non-hydrogen) atoms. The molecule has 0 radical (unpaired) electrons. The predicted octanol–water partition coefficient (Wildman–Crippen LogP) is 14.1. The molecule has 12 fully saturated rings. The van der Waals surface area contributed by atoms with Gasteiger partial charge in [-0.15, -0.1) is 0 Å². The molecule has 0 aromatic heterocycles. The third-order valence-corrected chi connectivity index (χ3v) is 12.6. The van der Waals surface area contributed by atoms with Gasteiger partial charge in [0, 0.05) is 59.4 Å². The molecule has 0 bridgehead atoms. The minimum Gasteiger partial charge on any atom is -0.381 e. The van der Waals surface area contributed by atoms with Gasteiger partial charge >= 0.3 is 0 Å². The average Bonchev–Trinajstić information content (AvgIpc) is 4.23. The zero-order valence-corrected chi connectivity index (χ0v) is 42.7. The Bertz CT molecular complexity index is 516. The maximum Gasteiger partial charge on any atom is 0.0966 e. The van der Waals surface area contributed by atoms with Crippen LogP contribution in [-0.2, 0) is 33.2 Å². The van der Waals surface area contributed by atoms with E-state index in [1.165, 1.54) is 257 Å². The van der Waals surface area contributed by atoms with Crippen LogP contribution in [0.1, 0.15) is 244 Å². The van der Waals surface area contributed by atoms with Crippen LogP contribution in [0.15, 0.2) is 0 Å². The van der Waals surface area contributed by atoms with Crippen LogP contribution in [-0.4, -0.2) is 112 Å². The normalized spacial score (nSPS) is 24.0. The second-order valence-electron chi connectivity index (χ2n) is 18.9. The second kappa shape index (κ2) is 58.8. The quantitative estimate of drug-likeness (QED) is 0.247. The third kappa shape index (κ3) is 56.0. The molecule has 2 N–H and O–H groups in total. The van der Waals surface area contributed by atoms with Crippen LogP contribution in [0.3, 0.4) is 0 Å². The summed E-state index contributed by atoms with van der Waals surface area (Å²) in [4.78, 5) is 0. The van der Waals surface area contributed by atoms with Crippen LogP contribution in [0, 0.1) is 0 Å². The molecule has 0 aromatic rings. The van der Waals surface area contributed by atoms with Gasteiger partial charge in [0.25, 0.3) is 0 Å². The number of ether oxygens (including phenoxy) is 7. The van der Waals surface area contributed by atoms with E-state index in [9.17, 15) is 0 Å². The molecule has 7 heterocycles. The smallest absolute Gasteiger partial charge is 0.0966 e. The summed E-state index contributed by atoms with van der Waals surface area (Å²) in [6, 6.07) is 0. The van der Waals surface area contributed by atoms with Crippen LogP contribution in [0.5, 0.6) is 0 Å². The van der Waals surface area contributed by atoms with E-state index in [0.29, 0.717) is 0 Å². The number of hydrogen-bond acceptors (Lipinski definition) is 9. The zero-order chi connectivity index (χ0) is 45.3. The van der Waals surface area contributed by atoms with Crippen LogP contribution >= 0.6 is 0 Å². The van der Waals surface area contributed by atoms with E-state index in [-0.39, 0.29) is 0 Å². The SMILES string of the molecule is C1CCC1.C1CCC1.C1CCCC1.C1CCCCC1.C1CCCCC1.C1CCNC1.C1CCOC1.C1CCOCC1.C1CCOCC1.C1CCOCC1.C1COCCO1.C1COCN1. The monoisotopic (exact) mass is 913 g/mol. The van der Waals surface area contributed by atoms with E-state index in [1.807, 2.05) is 0 Å². The highest BCUT2D eigenvalue weighted by atomic mass is 16.6. The summed E-state index contributed by atoms with van der Waals surface area (Å²) in [6.45, 7) is 16.3. The first kappa shape index (κ1) is 61.7. The van der Waals surface area contributed by atoms with Gasteiger partial charge in [0.2, 0.25) is 0 Å². The Morgan fingerprint density at radius 1 is 0.141 bits per heavy atom.